The highest BCUT2D eigenvalue weighted by Gasteiger charge is 2.22. The maximum absolute atomic E-state index is 13.0. The molecule has 0 aliphatic rings. The highest BCUT2D eigenvalue weighted by atomic mass is 16.7. The van der Waals surface area contributed by atoms with E-state index in [1.165, 1.54) is 205 Å². The molecule has 0 aliphatic carbocycles. The number of aliphatic carboxylic acids is 1. The number of carbonyl (C=O) groups is 3. The predicted octanol–water partition coefficient (Wildman–Crippen LogP) is 24.1. The zero-order valence-electron chi connectivity index (χ0n) is 62.5. The van der Waals surface area contributed by atoms with Gasteiger partial charge in [0.25, 0.3) is 0 Å². The fraction of sp³-hybridized carbons (Fsp3) is 0.733. The number of quaternary nitrogens is 1. The average Bonchev–Trinajstić information content (AvgIpc) is 3.54. The first-order chi connectivity index (χ1) is 46.6. The fourth-order valence-corrected chi connectivity index (χ4v) is 11.2. The highest BCUT2D eigenvalue weighted by Crippen LogP contribution is 2.19. The normalized spacial score (nSPS) is 13.3. The van der Waals surface area contributed by atoms with Crippen LogP contribution in [-0.2, 0) is 33.3 Å². The third kappa shape index (κ3) is 76.9. The van der Waals surface area contributed by atoms with Gasteiger partial charge >= 0.3 is 11.9 Å². The Labute approximate surface area is 587 Å². The lowest BCUT2D eigenvalue weighted by Gasteiger charge is -2.26. The summed E-state index contributed by atoms with van der Waals surface area (Å²) < 4.78 is 22.9. The minimum atomic E-state index is -1.63. The van der Waals surface area contributed by atoms with E-state index in [1.54, 1.807) is 0 Å². The molecule has 0 radical (unpaired) electrons. The first kappa shape index (κ1) is 90.7. The molecule has 0 N–H and O–H groups in total. The van der Waals surface area contributed by atoms with Gasteiger partial charge in [-0.05, 0) is 89.9 Å². The SMILES string of the molecule is CC/C=C\C/C=C\C/C=C\C/C=C\C/C=C\C/C=C\C/C=C\C/C=C\C/C=C\C/C=C\CCCCCCCCCCCCC(=O)OC(COC(=O)CCCCCCCCCCCCCCCCCCCCCCCCCCCCCCC)COC(OCC[N+](C)(C)C)C(=O)[O-]. The number of esters is 2. The van der Waals surface area contributed by atoms with Gasteiger partial charge in [0, 0.05) is 12.8 Å². The van der Waals surface area contributed by atoms with Gasteiger partial charge in [0.2, 0.25) is 0 Å². The van der Waals surface area contributed by atoms with E-state index >= 15 is 0 Å². The van der Waals surface area contributed by atoms with Gasteiger partial charge in [0.1, 0.15) is 13.2 Å². The summed E-state index contributed by atoms with van der Waals surface area (Å²) in [6.07, 6.45) is 105. The number of unbranched alkanes of at least 4 members (excludes halogenated alkanes) is 38. The molecular weight excluding hydrogens is 1170 g/mol. The Kier molecular flexibility index (Phi) is 72.0. The van der Waals surface area contributed by atoms with Gasteiger partial charge in [-0.2, -0.15) is 0 Å². The van der Waals surface area contributed by atoms with Crippen molar-refractivity contribution in [2.75, 3.05) is 47.5 Å². The largest absolute Gasteiger partial charge is 0.545 e. The molecule has 0 rings (SSSR count). The van der Waals surface area contributed by atoms with E-state index < -0.39 is 24.3 Å². The second-order valence-electron chi connectivity index (χ2n) is 27.6. The zero-order valence-corrected chi connectivity index (χ0v) is 62.5. The molecule has 0 saturated heterocycles. The first-order valence-electron chi connectivity index (χ1n) is 39.7. The van der Waals surface area contributed by atoms with Crippen molar-refractivity contribution in [3.8, 4) is 0 Å². The maximum atomic E-state index is 13.0. The molecule has 0 aromatic carbocycles. The molecule has 2 unspecified atom stereocenters. The van der Waals surface area contributed by atoms with Crippen molar-refractivity contribution < 1.29 is 42.9 Å². The lowest BCUT2D eigenvalue weighted by molar-refractivity contribution is -0.870. The van der Waals surface area contributed by atoms with Crippen molar-refractivity contribution in [3.63, 3.8) is 0 Å². The third-order valence-electron chi connectivity index (χ3n) is 17.2. The van der Waals surface area contributed by atoms with Crippen molar-refractivity contribution in [3.05, 3.63) is 122 Å². The summed E-state index contributed by atoms with van der Waals surface area (Å²) in [5.74, 6) is -2.28. The molecule has 0 aromatic rings. The average molecular weight is 1330 g/mol. The Bertz CT molecular complexity index is 1980. The van der Waals surface area contributed by atoms with Crippen LogP contribution in [0.15, 0.2) is 122 Å². The standard InChI is InChI=1S/C86H149NO8/c1-6-8-10-12-14-16-18-20-22-24-26-28-30-32-34-36-37-38-39-40-41-42-43-44-45-46-47-49-51-53-55-57-59-61-63-65-67-69-71-73-75-77-84(89)95-82(81-94-86(85(90)91)92-79-78-87(3,4)5)80-93-83(88)76-74-72-70-68-66-64-62-60-58-56-54-52-50-48-35-33-31-29-27-25-23-21-19-17-15-13-11-9-7-2/h8,10,14,16,20,22,26,28,32,34,37-38,40-41,43-44,46-47,51,53,82,86H,6-7,9,11-13,15,17-19,21,23-25,27,29-31,33,35-36,39,42,45,48-50,52,54-81H2,1-5H3/b10-8-,16-14-,22-20-,28-26-,34-32-,38-37-,41-40-,44-43-,47-46-,53-51-. The van der Waals surface area contributed by atoms with Crippen molar-refractivity contribution >= 4 is 17.9 Å². The van der Waals surface area contributed by atoms with Gasteiger partial charge in [0.05, 0.1) is 40.3 Å². The molecule has 2 atom stereocenters. The lowest BCUT2D eigenvalue weighted by Crippen LogP contribution is -2.44. The molecule has 0 amide bonds. The van der Waals surface area contributed by atoms with Crippen molar-refractivity contribution in [2.24, 2.45) is 0 Å². The summed E-state index contributed by atoms with van der Waals surface area (Å²) in [7, 11) is 5.94. The second kappa shape index (κ2) is 75.5. The van der Waals surface area contributed by atoms with Crippen LogP contribution in [0.1, 0.15) is 348 Å². The summed E-state index contributed by atoms with van der Waals surface area (Å²) in [6, 6.07) is 0. The molecule has 9 heteroatoms. The number of ether oxygens (including phenoxy) is 4. The van der Waals surface area contributed by atoms with E-state index in [4.69, 9.17) is 18.9 Å². The smallest absolute Gasteiger partial charge is 0.306 e. The Hall–Kier alpha value is -4.31. The monoisotopic (exact) mass is 1320 g/mol. The fourth-order valence-electron chi connectivity index (χ4n) is 11.2. The van der Waals surface area contributed by atoms with Crippen LogP contribution in [0.3, 0.4) is 0 Å². The second-order valence-corrected chi connectivity index (χ2v) is 27.6. The molecule has 9 nitrogen and oxygen atoms in total. The molecule has 0 aromatic heterocycles. The molecule has 0 spiro atoms. The number of allylic oxidation sites excluding steroid dienone is 20. The minimum Gasteiger partial charge on any atom is -0.545 e. The number of rotatable bonds is 73. The summed E-state index contributed by atoms with van der Waals surface area (Å²) in [4.78, 5) is 37.6. The van der Waals surface area contributed by atoms with Gasteiger partial charge in [-0.3, -0.25) is 9.59 Å². The Morgan fingerprint density at radius 3 is 0.895 bits per heavy atom. The summed E-state index contributed by atoms with van der Waals surface area (Å²) >= 11 is 0. The van der Waals surface area contributed by atoms with Gasteiger partial charge in [0.15, 0.2) is 12.4 Å². The number of hydrogen-bond acceptors (Lipinski definition) is 8. The third-order valence-corrected chi connectivity index (χ3v) is 17.2. The van der Waals surface area contributed by atoms with Gasteiger partial charge in [-0.1, -0.05) is 367 Å². The Balaban J connectivity index is 4.08. The first-order valence-corrected chi connectivity index (χ1v) is 39.7. The van der Waals surface area contributed by atoms with Gasteiger partial charge in [-0.25, -0.2) is 0 Å². The van der Waals surface area contributed by atoms with E-state index in [1.807, 2.05) is 21.1 Å². The van der Waals surface area contributed by atoms with E-state index in [0.717, 1.165) is 109 Å². The topological polar surface area (TPSA) is 111 Å². The Morgan fingerprint density at radius 2 is 0.600 bits per heavy atom. The van der Waals surface area contributed by atoms with Crippen LogP contribution in [0.5, 0.6) is 0 Å². The minimum absolute atomic E-state index is 0.144. The van der Waals surface area contributed by atoms with Crippen LogP contribution in [-0.4, -0.2) is 82.3 Å². The molecule has 0 saturated carbocycles. The van der Waals surface area contributed by atoms with Gasteiger partial charge < -0.3 is 33.3 Å². The van der Waals surface area contributed by atoms with Gasteiger partial charge in [-0.15, -0.1) is 0 Å². The zero-order chi connectivity index (χ0) is 69.0. The van der Waals surface area contributed by atoms with Crippen LogP contribution in [0.4, 0.5) is 0 Å². The Morgan fingerprint density at radius 1 is 0.326 bits per heavy atom. The predicted molar refractivity (Wildman–Crippen MR) is 407 cm³/mol. The van der Waals surface area contributed by atoms with Crippen LogP contribution in [0.25, 0.3) is 0 Å². The van der Waals surface area contributed by atoms with Crippen LogP contribution < -0.4 is 5.11 Å². The van der Waals surface area contributed by atoms with Crippen molar-refractivity contribution in [1.82, 2.24) is 0 Å². The van der Waals surface area contributed by atoms with Crippen LogP contribution >= 0.6 is 0 Å². The summed E-state index contributed by atoms with van der Waals surface area (Å²) in [5, 5.41) is 11.9. The van der Waals surface area contributed by atoms with E-state index in [0.29, 0.717) is 23.9 Å². The van der Waals surface area contributed by atoms with Crippen molar-refractivity contribution in [2.45, 2.75) is 360 Å². The number of carbonyl (C=O) groups excluding carboxylic acids is 3. The highest BCUT2D eigenvalue weighted by molar-refractivity contribution is 5.70. The maximum Gasteiger partial charge on any atom is 0.306 e. The quantitative estimate of drug-likeness (QED) is 0.0195. The van der Waals surface area contributed by atoms with Crippen LogP contribution in [0.2, 0.25) is 0 Å². The molecule has 0 aliphatic heterocycles. The van der Waals surface area contributed by atoms with E-state index in [-0.39, 0.29) is 32.2 Å². The van der Waals surface area contributed by atoms with Crippen molar-refractivity contribution in [1.29, 1.82) is 0 Å². The molecular formula is C86H149NO8. The summed E-state index contributed by atoms with van der Waals surface area (Å²) in [6.45, 7) is 4.67. The number of carboxylic acids is 1. The van der Waals surface area contributed by atoms with E-state index in [9.17, 15) is 19.5 Å². The van der Waals surface area contributed by atoms with Crippen LogP contribution in [0, 0.1) is 0 Å². The number of likely N-dealkylation sites (N-methyl/N-ethyl adjacent to an activating group) is 1. The molecule has 0 fully saturated rings. The lowest BCUT2D eigenvalue weighted by atomic mass is 10.0. The summed E-state index contributed by atoms with van der Waals surface area (Å²) in [5.41, 5.74) is 0. The number of hydrogen-bond donors (Lipinski definition) is 0. The molecule has 0 bridgehead atoms. The molecule has 0 heterocycles. The number of carboxylic acid groups (broad SMARTS) is 1. The number of nitrogens with zero attached hydrogens (tertiary/aromatic N) is 1. The van der Waals surface area contributed by atoms with E-state index in [2.05, 4.69) is 135 Å². The molecule has 95 heavy (non-hydrogen) atoms. The molecule has 546 valence electrons.